The molecule has 0 aromatic heterocycles. The molecule has 0 radical (unpaired) electrons. The van der Waals surface area contributed by atoms with E-state index in [1.807, 2.05) is 36.2 Å². The van der Waals surface area contributed by atoms with E-state index < -0.39 is 6.04 Å². The van der Waals surface area contributed by atoms with Crippen LogP contribution >= 0.6 is 0 Å². The van der Waals surface area contributed by atoms with Gasteiger partial charge in [0.1, 0.15) is 12.3 Å². The van der Waals surface area contributed by atoms with Gasteiger partial charge in [-0.15, -0.1) is 0 Å². The number of likely N-dealkylation sites (N-methyl/N-ethyl adjacent to an activating group) is 1. The summed E-state index contributed by atoms with van der Waals surface area (Å²) in [7, 11) is 9.59. The molecule has 8 nitrogen and oxygen atoms in total. The number of esters is 1. The molecule has 8 heteroatoms. The number of nitrogens with zero attached hydrogens (tertiary/aromatic N) is 1. The van der Waals surface area contributed by atoms with Crippen LogP contribution < -0.4 is 18.9 Å². The fraction of sp³-hybridized carbons (Fsp3) is 0.385. The van der Waals surface area contributed by atoms with Gasteiger partial charge in [-0.05, 0) is 70.9 Å². The molecule has 0 saturated carbocycles. The van der Waals surface area contributed by atoms with E-state index in [0.717, 1.165) is 33.4 Å². The lowest BCUT2D eigenvalue weighted by atomic mass is 9.95. The summed E-state index contributed by atoms with van der Waals surface area (Å²) in [6.45, 7) is 0.439. The second-order valence-electron chi connectivity index (χ2n) is 7.91. The zero-order valence-corrected chi connectivity index (χ0v) is 20.5. The maximum absolute atomic E-state index is 12.4. The van der Waals surface area contributed by atoms with E-state index in [1.54, 1.807) is 28.4 Å². The first-order valence-corrected chi connectivity index (χ1v) is 10.9. The molecule has 0 amide bonds. The topological polar surface area (TPSA) is 83.5 Å². The summed E-state index contributed by atoms with van der Waals surface area (Å²) in [5, 5.41) is 3.80. The van der Waals surface area contributed by atoms with Crippen LogP contribution in [-0.2, 0) is 20.9 Å². The van der Waals surface area contributed by atoms with Crippen molar-refractivity contribution in [3.63, 3.8) is 0 Å². The number of carbonyl (C=O) groups excluding carboxylic acids is 2. The number of carbonyl (C=O) groups is 2. The number of aldehydes is 1. The minimum atomic E-state index is -0.550. The van der Waals surface area contributed by atoms with E-state index in [4.69, 9.17) is 23.7 Å². The van der Waals surface area contributed by atoms with Gasteiger partial charge in [0, 0.05) is 13.0 Å². The number of fused-ring (bicyclic) bond motifs is 3. The SMILES string of the molecule is COC(=O)C(CCC=O)N(C)Cc1cc2cc(OC)c(OC)cc2c2cc(OC)c(OC)cc12. The first-order chi connectivity index (χ1) is 16.4. The molecular formula is C26H31NO7. The van der Waals surface area contributed by atoms with Crippen molar-refractivity contribution in [2.75, 3.05) is 42.6 Å². The van der Waals surface area contributed by atoms with Crippen molar-refractivity contribution in [2.45, 2.75) is 25.4 Å². The van der Waals surface area contributed by atoms with Crippen LogP contribution in [0.1, 0.15) is 18.4 Å². The van der Waals surface area contributed by atoms with E-state index >= 15 is 0 Å². The number of hydrogen-bond donors (Lipinski definition) is 0. The molecule has 182 valence electrons. The van der Waals surface area contributed by atoms with Gasteiger partial charge in [-0.25, -0.2) is 0 Å². The van der Waals surface area contributed by atoms with Crippen molar-refractivity contribution in [1.29, 1.82) is 0 Å². The maximum Gasteiger partial charge on any atom is 0.323 e. The smallest absolute Gasteiger partial charge is 0.323 e. The van der Waals surface area contributed by atoms with Crippen molar-refractivity contribution in [3.8, 4) is 23.0 Å². The monoisotopic (exact) mass is 469 g/mol. The van der Waals surface area contributed by atoms with Crippen molar-refractivity contribution in [1.82, 2.24) is 4.90 Å². The highest BCUT2D eigenvalue weighted by atomic mass is 16.5. The Hall–Kier alpha value is -3.52. The summed E-state index contributed by atoms with van der Waals surface area (Å²) in [5.74, 6) is 2.07. The molecule has 0 aliphatic heterocycles. The van der Waals surface area contributed by atoms with Crippen molar-refractivity contribution in [2.24, 2.45) is 0 Å². The molecule has 1 unspecified atom stereocenters. The second-order valence-corrected chi connectivity index (χ2v) is 7.91. The van der Waals surface area contributed by atoms with E-state index in [0.29, 0.717) is 36.0 Å². The van der Waals surface area contributed by atoms with Gasteiger partial charge in [-0.3, -0.25) is 9.69 Å². The Balaban J connectivity index is 2.24. The van der Waals surface area contributed by atoms with Gasteiger partial charge in [0.2, 0.25) is 0 Å². The molecular weight excluding hydrogens is 438 g/mol. The highest BCUT2D eigenvalue weighted by molar-refractivity contribution is 6.11. The molecule has 0 aliphatic rings. The molecule has 0 heterocycles. The Morgan fingerprint density at radius 3 is 1.88 bits per heavy atom. The van der Waals surface area contributed by atoms with Crippen LogP contribution in [0.3, 0.4) is 0 Å². The standard InChI is InChI=1S/C26H31NO7/c1-27(21(8-7-9-28)26(29)34-6)15-17-10-16-11-22(30-2)23(31-3)12-18(16)20-14-25(33-5)24(32-4)13-19(17)20/h9-14,21H,7-8,15H2,1-6H3. The Kier molecular flexibility index (Phi) is 8.17. The quantitative estimate of drug-likeness (QED) is 0.237. The van der Waals surface area contributed by atoms with Crippen LogP contribution in [0.5, 0.6) is 23.0 Å². The van der Waals surface area contributed by atoms with E-state index in [2.05, 4.69) is 6.07 Å². The zero-order valence-electron chi connectivity index (χ0n) is 20.5. The number of ether oxygens (including phenoxy) is 5. The Morgan fingerprint density at radius 1 is 0.824 bits per heavy atom. The molecule has 3 aromatic carbocycles. The summed E-state index contributed by atoms with van der Waals surface area (Å²) < 4.78 is 27.1. The van der Waals surface area contributed by atoms with E-state index in [-0.39, 0.29) is 12.4 Å². The summed E-state index contributed by atoms with van der Waals surface area (Å²) >= 11 is 0. The van der Waals surface area contributed by atoms with E-state index in [9.17, 15) is 9.59 Å². The van der Waals surface area contributed by atoms with Gasteiger partial charge < -0.3 is 28.5 Å². The first kappa shape index (κ1) is 25.1. The van der Waals surface area contributed by atoms with Crippen LogP contribution in [0.4, 0.5) is 0 Å². The lowest BCUT2D eigenvalue weighted by molar-refractivity contribution is -0.147. The molecule has 0 spiro atoms. The molecule has 0 bridgehead atoms. The third kappa shape index (κ3) is 4.87. The first-order valence-electron chi connectivity index (χ1n) is 10.9. The molecule has 0 fully saturated rings. The molecule has 0 saturated heterocycles. The fourth-order valence-corrected chi connectivity index (χ4v) is 4.27. The average molecular weight is 470 g/mol. The third-order valence-electron chi connectivity index (χ3n) is 6.03. The fourth-order valence-electron chi connectivity index (χ4n) is 4.27. The largest absolute Gasteiger partial charge is 0.493 e. The average Bonchev–Trinajstić information content (AvgIpc) is 2.86. The second kappa shape index (κ2) is 11.1. The van der Waals surface area contributed by atoms with Gasteiger partial charge in [-0.1, -0.05) is 0 Å². The molecule has 0 N–H and O–H groups in total. The molecule has 3 aromatic rings. The van der Waals surface area contributed by atoms with E-state index in [1.165, 1.54) is 7.11 Å². The Morgan fingerprint density at radius 2 is 1.35 bits per heavy atom. The minimum absolute atomic E-state index is 0.268. The number of methoxy groups -OCH3 is 5. The Labute approximate surface area is 199 Å². The van der Waals surface area contributed by atoms with Crippen molar-refractivity contribution in [3.05, 3.63) is 35.9 Å². The van der Waals surface area contributed by atoms with Crippen molar-refractivity contribution >= 4 is 33.8 Å². The highest BCUT2D eigenvalue weighted by Gasteiger charge is 2.25. The molecule has 1 atom stereocenters. The van der Waals surface area contributed by atoms with Crippen LogP contribution in [-0.4, -0.2) is 65.8 Å². The summed E-state index contributed by atoms with van der Waals surface area (Å²) in [6.07, 6.45) is 1.46. The third-order valence-corrected chi connectivity index (χ3v) is 6.03. The van der Waals surface area contributed by atoms with Gasteiger partial charge >= 0.3 is 5.97 Å². The summed E-state index contributed by atoms with van der Waals surface area (Å²) in [6, 6.07) is 9.26. The number of hydrogen-bond acceptors (Lipinski definition) is 8. The van der Waals surface area contributed by atoms with Crippen LogP contribution in [0.15, 0.2) is 30.3 Å². The summed E-state index contributed by atoms with van der Waals surface area (Å²) in [4.78, 5) is 25.3. The predicted octanol–water partition coefficient (Wildman–Crippen LogP) is 3.98. The van der Waals surface area contributed by atoms with Gasteiger partial charge in [0.15, 0.2) is 23.0 Å². The lowest BCUT2D eigenvalue weighted by Crippen LogP contribution is -2.39. The van der Waals surface area contributed by atoms with Gasteiger partial charge in [0.05, 0.1) is 35.5 Å². The number of benzene rings is 3. The summed E-state index contributed by atoms with van der Waals surface area (Å²) in [5.41, 5.74) is 0.971. The van der Waals surface area contributed by atoms with Crippen LogP contribution in [0.25, 0.3) is 21.5 Å². The molecule has 0 aliphatic carbocycles. The zero-order chi connectivity index (χ0) is 24.8. The molecule has 3 rings (SSSR count). The van der Waals surface area contributed by atoms with Crippen LogP contribution in [0.2, 0.25) is 0 Å². The highest BCUT2D eigenvalue weighted by Crippen LogP contribution is 2.41. The maximum atomic E-state index is 12.4. The van der Waals surface area contributed by atoms with Gasteiger partial charge in [0.25, 0.3) is 0 Å². The van der Waals surface area contributed by atoms with Crippen molar-refractivity contribution < 1.29 is 33.3 Å². The minimum Gasteiger partial charge on any atom is -0.493 e. The molecule has 34 heavy (non-hydrogen) atoms. The lowest BCUT2D eigenvalue weighted by Gasteiger charge is -2.26. The normalized spacial score (nSPS) is 12.0. The number of rotatable bonds is 11. The Bertz CT molecular complexity index is 1190. The van der Waals surface area contributed by atoms with Gasteiger partial charge in [-0.2, -0.15) is 0 Å². The van der Waals surface area contributed by atoms with Crippen LogP contribution in [0, 0.1) is 0 Å². The predicted molar refractivity (Wildman–Crippen MR) is 130 cm³/mol.